The van der Waals surface area contributed by atoms with Crippen molar-refractivity contribution in [3.05, 3.63) is 0 Å². The number of fused-ring (bicyclic) bond motifs is 1. The summed E-state index contributed by atoms with van der Waals surface area (Å²) < 4.78 is 18.3. The van der Waals surface area contributed by atoms with Crippen molar-refractivity contribution in [2.75, 3.05) is 13.7 Å². The van der Waals surface area contributed by atoms with Gasteiger partial charge in [0.1, 0.15) is 24.4 Å². The van der Waals surface area contributed by atoms with E-state index in [1.54, 1.807) is 21.0 Å². The summed E-state index contributed by atoms with van der Waals surface area (Å²) in [5, 5.41) is 75.3. The Morgan fingerprint density at radius 2 is 1.53 bits per heavy atom. The van der Waals surface area contributed by atoms with Crippen LogP contribution in [0.15, 0.2) is 0 Å². The van der Waals surface area contributed by atoms with Gasteiger partial charge in [-0.3, -0.25) is 0 Å². The van der Waals surface area contributed by atoms with Crippen molar-refractivity contribution in [3.8, 4) is 0 Å². The summed E-state index contributed by atoms with van der Waals surface area (Å²) in [6.45, 7) is 22.6. The lowest BCUT2D eigenvalue weighted by atomic mass is 9.46. The van der Waals surface area contributed by atoms with Crippen LogP contribution in [0.1, 0.15) is 134 Å². The molecule has 0 aromatic carbocycles. The third-order valence-corrected chi connectivity index (χ3v) is 14.6. The normalized spacial score (nSPS) is 39.7. The van der Waals surface area contributed by atoms with Gasteiger partial charge < -0.3 is 50.0 Å². The van der Waals surface area contributed by atoms with Crippen molar-refractivity contribution < 1.29 is 50.0 Å². The molecule has 2 saturated carbocycles. The Morgan fingerprint density at radius 3 is 2.02 bits per heavy atom. The van der Waals surface area contributed by atoms with Crippen LogP contribution < -0.4 is 0 Å². The smallest absolute Gasteiger partial charge is 0.186 e. The van der Waals surface area contributed by atoms with E-state index in [0.717, 1.165) is 38.5 Å². The van der Waals surface area contributed by atoms with Crippen LogP contribution in [0.3, 0.4) is 0 Å². The van der Waals surface area contributed by atoms with E-state index in [4.69, 9.17) is 14.2 Å². The number of aliphatic hydroxyl groups is 7. The fourth-order valence-corrected chi connectivity index (χ4v) is 11.1. The first kappa shape index (κ1) is 43.0. The van der Waals surface area contributed by atoms with E-state index in [1.165, 1.54) is 0 Å². The molecule has 49 heavy (non-hydrogen) atoms. The lowest BCUT2D eigenvalue weighted by Gasteiger charge is -2.60. The van der Waals surface area contributed by atoms with Gasteiger partial charge in [-0.25, -0.2) is 0 Å². The highest BCUT2D eigenvalue weighted by molar-refractivity contribution is 5.25. The summed E-state index contributed by atoms with van der Waals surface area (Å²) in [5.41, 5.74) is -2.38. The maximum Gasteiger partial charge on any atom is 0.186 e. The zero-order chi connectivity index (χ0) is 37.5. The highest BCUT2D eigenvalue weighted by Gasteiger charge is 2.77. The Hall–Kier alpha value is -0.400. The molecule has 10 heteroatoms. The SMILES string of the molecule is CC[C@H](O)C(C)(C)C1[C@@H](OC2OC(CO)C(O)C(O)C2O)CC([C@](C)(C[C@@H](C)O)[C@](C)(CC)CCCC[C@H](OC)C(C)(C)O)[C@]2(C)C[C@]12C. The summed E-state index contributed by atoms with van der Waals surface area (Å²) in [4.78, 5) is 0. The second-order valence-electron chi connectivity index (χ2n) is 18.4. The van der Waals surface area contributed by atoms with Crippen LogP contribution in [-0.2, 0) is 14.2 Å². The van der Waals surface area contributed by atoms with Crippen LogP contribution in [0.25, 0.3) is 0 Å². The molecular formula is C39H74O10. The van der Waals surface area contributed by atoms with Crippen LogP contribution in [-0.4, -0.2) is 110 Å². The number of unbranched alkanes of at least 4 members (excludes halogenated alkanes) is 1. The molecule has 3 rings (SSSR count). The summed E-state index contributed by atoms with van der Waals surface area (Å²) in [6.07, 6.45) is -1.75. The maximum absolute atomic E-state index is 11.4. The molecule has 0 spiro atoms. The molecule has 10 nitrogen and oxygen atoms in total. The third kappa shape index (κ3) is 7.95. The first-order valence-electron chi connectivity index (χ1n) is 19.0. The minimum atomic E-state index is -1.55. The molecule has 0 radical (unpaired) electrons. The fraction of sp³-hybridized carbons (Fsp3) is 1.00. The van der Waals surface area contributed by atoms with Crippen LogP contribution in [0.2, 0.25) is 0 Å². The Kier molecular flexibility index (Phi) is 13.6. The van der Waals surface area contributed by atoms with Gasteiger partial charge in [0.05, 0.1) is 36.6 Å². The molecule has 0 amide bonds. The molecule has 290 valence electrons. The standard InChI is InChI=1S/C39H74O10/c1-13-27(42)34(4,5)32-24(48-33-31(45)30(44)29(43)25(21-40)49-33)19-26(38(10)22-39(32,38)11)37(9,20-23(3)41)36(8,14-2)18-16-15-17-28(47-12)35(6,7)46/h23-33,40-46H,13-22H2,1-12H3/t23-,24+,25?,26?,27+,28+,29?,30?,31?,32?,33?,36-,37+,38+,39-/m1/s1. The number of aliphatic hydroxyl groups excluding tert-OH is 6. The van der Waals surface area contributed by atoms with Crippen molar-refractivity contribution in [2.24, 2.45) is 38.9 Å². The highest BCUT2D eigenvalue weighted by Crippen LogP contribution is 2.81. The van der Waals surface area contributed by atoms with Crippen molar-refractivity contribution in [1.82, 2.24) is 0 Å². The first-order chi connectivity index (χ1) is 22.4. The van der Waals surface area contributed by atoms with Gasteiger partial charge in [0, 0.05) is 7.11 Å². The first-order valence-corrected chi connectivity index (χ1v) is 19.0. The summed E-state index contributed by atoms with van der Waals surface area (Å²) in [7, 11) is 1.64. The zero-order valence-corrected chi connectivity index (χ0v) is 32.8. The monoisotopic (exact) mass is 703 g/mol. The Balaban J connectivity index is 2.07. The van der Waals surface area contributed by atoms with Crippen LogP contribution in [0.4, 0.5) is 0 Å². The van der Waals surface area contributed by atoms with E-state index < -0.39 is 66.6 Å². The van der Waals surface area contributed by atoms with Gasteiger partial charge in [0.25, 0.3) is 0 Å². The van der Waals surface area contributed by atoms with Crippen molar-refractivity contribution in [3.63, 3.8) is 0 Å². The van der Waals surface area contributed by atoms with Crippen molar-refractivity contribution in [2.45, 2.75) is 195 Å². The number of hydrogen-bond acceptors (Lipinski definition) is 10. The third-order valence-electron chi connectivity index (χ3n) is 14.6. The van der Waals surface area contributed by atoms with Gasteiger partial charge in [-0.05, 0) is 98.2 Å². The Labute approximate surface area is 296 Å². The maximum atomic E-state index is 11.4. The van der Waals surface area contributed by atoms with Gasteiger partial charge in [0.15, 0.2) is 6.29 Å². The highest BCUT2D eigenvalue weighted by atomic mass is 16.7. The molecule has 0 bridgehead atoms. The molecule has 1 heterocycles. The number of ether oxygens (including phenoxy) is 3. The van der Waals surface area contributed by atoms with E-state index in [1.807, 2.05) is 13.8 Å². The Morgan fingerprint density at radius 1 is 0.918 bits per heavy atom. The topological polar surface area (TPSA) is 169 Å². The van der Waals surface area contributed by atoms with Gasteiger partial charge in [-0.2, -0.15) is 0 Å². The second-order valence-corrected chi connectivity index (χ2v) is 18.4. The van der Waals surface area contributed by atoms with E-state index in [2.05, 4.69) is 48.5 Å². The minimum absolute atomic E-state index is 0.0911. The predicted molar refractivity (Wildman–Crippen MR) is 190 cm³/mol. The van der Waals surface area contributed by atoms with E-state index in [-0.39, 0.29) is 39.6 Å². The second kappa shape index (κ2) is 15.5. The van der Waals surface area contributed by atoms with Gasteiger partial charge >= 0.3 is 0 Å². The quantitative estimate of drug-likeness (QED) is 0.101. The van der Waals surface area contributed by atoms with Crippen LogP contribution in [0, 0.1) is 38.9 Å². The number of methoxy groups -OCH3 is 1. The summed E-state index contributed by atoms with van der Waals surface area (Å²) >= 11 is 0. The molecule has 3 aliphatic rings. The molecule has 0 aromatic heterocycles. The molecule has 7 unspecified atom stereocenters. The number of rotatable bonds is 18. The lowest BCUT2D eigenvalue weighted by Crippen LogP contribution is -2.62. The molecule has 3 fully saturated rings. The Bertz CT molecular complexity index is 1060. The van der Waals surface area contributed by atoms with Gasteiger partial charge in [0.2, 0.25) is 0 Å². The lowest BCUT2D eigenvalue weighted by molar-refractivity contribution is -0.327. The summed E-state index contributed by atoms with van der Waals surface area (Å²) in [5.74, 6) is -0.0478. The van der Waals surface area contributed by atoms with Gasteiger partial charge in [-0.15, -0.1) is 0 Å². The average molecular weight is 703 g/mol. The summed E-state index contributed by atoms with van der Waals surface area (Å²) in [6, 6.07) is 0. The molecular weight excluding hydrogens is 628 g/mol. The van der Waals surface area contributed by atoms with E-state index >= 15 is 0 Å². The molecule has 1 saturated heterocycles. The predicted octanol–water partition coefficient (Wildman–Crippen LogP) is 4.56. The molecule has 1 aliphatic heterocycles. The van der Waals surface area contributed by atoms with E-state index in [9.17, 15) is 35.7 Å². The van der Waals surface area contributed by atoms with Crippen molar-refractivity contribution in [1.29, 1.82) is 0 Å². The number of hydrogen-bond donors (Lipinski definition) is 7. The fourth-order valence-electron chi connectivity index (χ4n) is 11.1. The minimum Gasteiger partial charge on any atom is -0.394 e. The van der Waals surface area contributed by atoms with Crippen LogP contribution in [0.5, 0.6) is 0 Å². The molecule has 2 aliphatic carbocycles. The van der Waals surface area contributed by atoms with Gasteiger partial charge in [-0.1, -0.05) is 74.7 Å². The molecule has 15 atom stereocenters. The van der Waals surface area contributed by atoms with Crippen LogP contribution >= 0.6 is 0 Å². The largest absolute Gasteiger partial charge is 0.394 e. The zero-order valence-electron chi connectivity index (χ0n) is 32.8. The molecule has 7 N–H and O–H groups in total. The van der Waals surface area contributed by atoms with E-state index in [0.29, 0.717) is 19.3 Å². The average Bonchev–Trinajstić information content (AvgIpc) is 3.60. The van der Waals surface area contributed by atoms with Crippen molar-refractivity contribution >= 4 is 0 Å². The molecule has 0 aromatic rings.